The van der Waals surface area contributed by atoms with Crippen molar-refractivity contribution in [2.75, 3.05) is 19.6 Å². The Bertz CT molecular complexity index is 395. The van der Waals surface area contributed by atoms with Gasteiger partial charge in [-0.25, -0.2) is 0 Å². The fourth-order valence-electron chi connectivity index (χ4n) is 2.10. The average molecular weight is 214 g/mol. The lowest BCUT2D eigenvalue weighted by Crippen LogP contribution is -2.18. The summed E-state index contributed by atoms with van der Waals surface area (Å²) in [6.45, 7) is 3.95. The molecule has 0 radical (unpaired) electrons. The zero-order valence-electron chi connectivity index (χ0n) is 9.58. The van der Waals surface area contributed by atoms with Crippen LogP contribution >= 0.6 is 0 Å². The summed E-state index contributed by atoms with van der Waals surface area (Å²) in [5.74, 6) is 5.97. The van der Waals surface area contributed by atoms with Crippen molar-refractivity contribution in [3.63, 3.8) is 0 Å². The van der Waals surface area contributed by atoms with E-state index in [1.807, 2.05) is 6.07 Å². The first-order chi connectivity index (χ1) is 7.88. The molecule has 0 aromatic heterocycles. The number of hydrogen-bond donors (Lipinski definition) is 1. The monoisotopic (exact) mass is 214 g/mol. The summed E-state index contributed by atoms with van der Waals surface area (Å²) in [6.07, 6.45) is 2.68. The lowest BCUT2D eigenvalue weighted by Gasteiger charge is -2.14. The number of nitrogens with zero attached hydrogens (tertiary/aromatic N) is 1. The topological polar surface area (TPSA) is 29.3 Å². The standard InChI is InChI=1S/C14H18N2/c15-8-4-7-13-5-3-6-14(11-13)12-16-9-1-2-10-16/h3,5-6,11H,1-2,8-10,12,15H2. The molecule has 1 aliphatic rings. The van der Waals surface area contributed by atoms with Gasteiger partial charge in [0.25, 0.3) is 0 Å². The molecule has 1 saturated heterocycles. The number of likely N-dealkylation sites (tertiary alicyclic amines) is 1. The minimum atomic E-state index is 0.427. The Kier molecular flexibility index (Phi) is 3.98. The summed E-state index contributed by atoms with van der Waals surface area (Å²) < 4.78 is 0. The van der Waals surface area contributed by atoms with Crippen LogP contribution in [0.5, 0.6) is 0 Å². The highest BCUT2D eigenvalue weighted by molar-refractivity contribution is 5.37. The van der Waals surface area contributed by atoms with E-state index >= 15 is 0 Å². The molecule has 2 heteroatoms. The molecule has 0 saturated carbocycles. The number of benzene rings is 1. The highest BCUT2D eigenvalue weighted by atomic mass is 15.1. The van der Waals surface area contributed by atoms with Gasteiger partial charge >= 0.3 is 0 Å². The van der Waals surface area contributed by atoms with Crippen molar-refractivity contribution >= 4 is 0 Å². The minimum Gasteiger partial charge on any atom is -0.320 e. The van der Waals surface area contributed by atoms with Crippen LogP contribution in [0, 0.1) is 11.8 Å². The summed E-state index contributed by atoms with van der Waals surface area (Å²) in [5, 5.41) is 0. The third-order valence-corrected chi connectivity index (χ3v) is 2.87. The third-order valence-electron chi connectivity index (χ3n) is 2.87. The molecule has 2 nitrogen and oxygen atoms in total. The van der Waals surface area contributed by atoms with E-state index in [4.69, 9.17) is 5.73 Å². The Morgan fingerprint density at radius 3 is 2.81 bits per heavy atom. The molecule has 0 bridgehead atoms. The van der Waals surface area contributed by atoms with Crippen LogP contribution in [0.3, 0.4) is 0 Å². The maximum absolute atomic E-state index is 5.36. The predicted octanol–water partition coefficient (Wildman–Crippen LogP) is 1.59. The van der Waals surface area contributed by atoms with E-state index in [2.05, 4.69) is 34.9 Å². The summed E-state index contributed by atoms with van der Waals surface area (Å²) >= 11 is 0. The fraction of sp³-hybridized carbons (Fsp3) is 0.429. The highest BCUT2D eigenvalue weighted by Gasteiger charge is 2.11. The maximum atomic E-state index is 5.36. The van der Waals surface area contributed by atoms with Gasteiger partial charge in [0.05, 0.1) is 6.54 Å². The Morgan fingerprint density at radius 2 is 2.06 bits per heavy atom. The zero-order valence-corrected chi connectivity index (χ0v) is 9.58. The molecule has 16 heavy (non-hydrogen) atoms. The zero-order chi connectivity index (χ0) is 11.2. The quantitative estimate of drug-likeness (QED) is 0.758. The third kappa shape index (κ3) is 3.10. The average Bonchev–Trinajstić information content (AvgIpc) is 2.80. The first-order valence-electron chi connectivity index (χ1n) is 5.89. The van der Waals surface area contributed by atoms with Crippen LogP contribution in [-0.4, -0.2) is 24.5 Å². The van der Waals surface area contributed by atoms with Crippen molar-refractivity contribution < 1.29 is 0 Å². The Balaban J connectivity index is 2.03. The van der Waals surface area contributed by atoms with E-state index in [-0.39, 0.29) is 0 Å². The molecule has 1 heterocycles. The summed E-state index contributed by atoms with van der Waals surface area (Å²) in [6, 6.07) is 8.45. The Hall–Kier alpha value is -1.30. The smallest absolute Gasteiger partial charge is 0.0555 e. The van der Waals surface area contributed by atoms with Crippen molar-refractivity contribution in [1.29, 1.82) is 0 Å². The summed E-state index contributed by atoms with van der Waals surface area (Å²) in [7, 11) is 0. The van der Waals surface area contributed by atoms with Crippen molar-refractivity contribution in [3.8, 4) is 11.8 Å². The van der Waals surface area contributed by atoms with Crippen LogP contribution in [0.4, 0.5) is 0 Å². The second kappa shape index (κ2) is 5.69. The molecule has 2 rings (SSSR count). The molecule has 1 aromatic rings. The molecule has 2 N–H and O–H groups in total. The number of rotatable bonds is 2. The first-order valence-corrected chi connectivity index (χ1v) is 5.89. The molecule has 84 valence electrons. The lowest BCUT2D eigenvalue weighted by atomic mass is 10.1. The Morgan fingerprint density at radius 1 is 1.25 bits per heavy atom. The molecule has 1 aromatic carbocycles. The van der Waals surface area contributed by atoms with E-state index in [1.54, 1.807) is 0 Å². The van der Waals surface area contributed by atoms with E-state index < -0.39 is 0 Å². The van der Waals surface area contributed by atoms with Gasteiger partial charge in [-0.3, -0.25) is 4.90 Å². The van der Waals surface area contributed by atoms with Gasteiger partial charge in [-0.05, 0) is 43.6 Å². The van der Waals surface area contributed by atoms with Crippen molar-refractivity contribution in [1.82, 2.24) is 4.90 Å². The van der Waals surface area contributed by atoms with Gasteiger partial charge in [-0.15, -0.1) is 0 Å². The van der Waals surface area contributed by atoms with E-state index in [0.717, 1.165) is 12.1 Å². The summed E-state index contributed by atoms with van der Waals surface area (Å²) in [5.41, 5.74) is 7.79. The van der Waals surface area contributed by atoms with Crippen molar-refractivity contribution in [3.05, 3.63) is 35.4 Å². The van der Waals surface area contributed by atoms with Crippen LogP contribution in [-0.2, 0) is 6.54 Å². The molecule has 0 atom stereocenters. The van der Waals surface area contributed by atoms with Crippen LogP contribution in [0.25, 0.3) is 0 Å². The Labute approximate surface area is 97.4 Å². The van der Waals surface area contributed by atoms with Crippen molar-refractivity contribution in [2.24, 2.45) is 5.73 Å². The molecule has 1 aliphatic heterocycles. The van der Waals surface area contributed by atoms with Crippen molar-refractivity contribution in [2.45, 2.75) is 19.4 Å². The van der Waals surface area contributed by atoms with Crippen LogP contribution in [0.1, 0.15) is 24.0 Å². The molecule has 0 unspecified atom stereocenters. The summed E-state index contributed by atoms with van der Waals surface area (Å²) in [4.78, 5) is 2.50. The second-order valence-corrected chi connectivity index (χ2v) is 4.19. The fourth-order valence-corrected chi connectivity index (χ4v) is 2.10. The van der Waals surface area contributed by atoms with Gasteiger partial charge in [0.2, 0.25) is 0 Å². The minimum absolute atomic E-state index is 0.427. The van der Waals surface area contributed by atoms with Crippen LogP contribution in [0.2, 0.25) is 0 Å². The van der Waals surface area contributed by atoms with Crippen LogP contribution < -0.4 is 5.73 Å². The molecule has 0 aliphatic carbocycles. The molecular formula is C14H18N2. The van der Waals surface area contributed by atoms with Gasteiger partial charge in [0, 0.05) is 12.1 Å². The van der Waals surface area contributed by atoms with E-state index in [0.29, 0.717) is 6.54 Å². The van der Waals surface area contributed by atoms with Gasteiger partial charge in [0.1, 0.15) is 0 Å². The lowest BCUT2D eigenvalue weighted by molar-refractivity contribution is 0.331. The van der Waals surface area contributed by atoms with Gasteiger partial charge in [-0.2, -0.15) is 0 Å². The number of hydrogen-bond acceptors (Lipinski definition) is 2. The molecule has 0 amide bonds. The SMILES string of the molecule is NCC#Cc1cccc(CN2CCCC2)c1. The highest BCUT2D eigenvalue weighted by Crippen LogP contribution is 2.13. The van der Waals surface area contributed by atoms with Gasteiger partial charge in [-0.1, -0.05) is 24.0 Å². The van der Waals surface area contributed by atoms with Gasteiger partial charge in [0.15, 0.2) is 0 Å². The molecule has 1 fully saturated rings. The first kappa shape index (κ1) is 11.2. The second-order valence-electron chi connectivity index (χ2n) is 4.19. The van der Waals surface area contributed by atoms with E-state index in [1.165, 1.54) is 31.5 Å². The molecular weight excluding hydrogens is 196 g/mol. The van der Waals surface area contributed by atoms with E-state index in [9.17, 15) is 0 Å². The van der Waals surface area contributed by atoms with Crippen LogP contribution in [0.15, 0.2) is 24.3 Å². The normalized spacial score (nSPS) is 15.8. The predicted molar refractivity (Wildman–Crippen MR) is 66.9 cm³/mol. The molecule has 0 spiro atoms. The maximum Gasteiger partial charge on any atom is 0.0555 e. The number of nitrogens with two attached hydrogens (primary N) is 1. The van der Waals surface area contributed by atoms with Gasteiger partial charge < -0.3 is 5.73 Å². The largest absolute Gasteiger partial charge is 0.320 e.